The fourth-order valence-corrected chi connectivity index (χ4v) is 1.79. The van der Waals surface area contributed by atoms with Crippen LogP contribution in [0.2, 0.25) is 0 Å². The third-order valence-corrected chi connectivity index (χ3v) is 2.59. The molecule has 1 atom stereocenters. The van der Waals surface area contributed by atoms with Gasteiger partial charge in [-0.25, -0.2) is 0 Å². The van der Waals surface area contributed by atoms with Gasteiger partial charge in [0.2, 0.25) is 11.8 Å². The zero-order chi connectivity index (χ0) is 12.3. The number of carbonyl (C=O) groups excluding carboxylic acids is 2. The largest absolute Gasteiger partial charge is 0.372 e. The summed E-state index contributed by atoms with van der Waals surface area (Å²) in [4.78, 5) is 23.2. The van der Waals surface area contributed by atoms with Gasteiger partial charge in [-0.05, 0) is 19.1 Å². The van der Waals surface area contributed by atoms with Crippen LogP contribution in [0, 0.1) is 0 Å². The lowest BCUT2D eigenvalue weighted by Gasteiger charge is -2.26. The van der Waals surface area contributed by atoms with Crippen molar-refractivity contribution in [3.05, 3.63) is 24.3 Å². The molecule has 90 valence electrons. The molecule has 5 heteroatoms. The molecule has 0 unspecified atom stereocenters. The quantitative estimate of drug-likeness (QED) is 0.727. The molecule has 1 aromatic carbocycles. The van der Waals surface area contributed by atoms with E-state index in [-0.39, 0.29) is 18.2 Å². The number of nitrogens with one attached hydrogen (secondary N) is 3. The van der Waals surface area contributed by atoms with Gasteiger partial charge in [0.25, 0.3) is 0 Å². The van der Waals surface area contributed by atoms with Crippen LogP contribution in [-0.2, 0) is 9.59 Å². The molecule has 0 aliphatic carbocycles. The fourth-order valence-electron chi connectivity index (χ4n) is 1.79. The van der Waals surface area contributed by atoms with Crippen molar-refractivity contribution in [1.29, 1.82) is 0 Å². The Balaban J connectivity index is 2.07. The van der Waals surface area contributed by atoms with Crippen molar-refractivity contribution in [2.75, 3.05) is 17.2 Å². The van der Waals surface area contributed by atoms with Crippen molar-refractivity contribution in [3.63, 3.8) is 0 Å². The Bertz CT molecular complexity index is 445. The van der Waals surface area contributed by atoms with Crippen molar-refractivity contribution in [2.24, 2.45) is 0 Å². The van der Waals surface area contributed by atoms with Crippen LogP contribution < -0.4 is 16.0 Å². The molecule has 1 heterocycles. The van der Waals surface area contributed by atoms with E-state index in [0.29, 0.717) is 6.54 Å². The van der Waals surface area contributed by atoms with E-state index < -0.39 is 6.04 Å². The maximum absolute atomic E-state index is 11.7. The van der Waals surface area contributed by atoms with Crippen LogP contribution in [0.3, 0.4) is 0 Å². The number of hydrogen-bond acceptors (Lipinski definition) is 3. The predicted molar refractivity (Wildman–Crippen MR) is 65.8 cm³/mol. The molecule has 0 aromatic heterocycles. The van der Waals surface area contributed by atoms with Crippen LogP contribution in [0.5, 0.6) is 0 Å². The van der Waals surface area contributed by atoms with Gasteiger partial charge in [-0.1, -0.05) is 12.1 Å². The van der Waals surface area contributed by atoms with E-state index in [4.69, 9.17) is 0 Å². The molecular weight excluding hydrogens is 218 g/mol. The van der Waals surface area contributed by atoms with Crippen molar-refractivity contribution in [3.8, 4) is 0 Å². The second kappa shape index (κ2) is 4.86. The lowest BCUT2D eigenvalue weighted by Crippen LogP contribution is -2.42. The number of carbonyl (C=O) groups is 2. The summed E-state index contributed by atoms with van der Waals surface area (Å²) in [6.45, 7) is 2.42. The summed E-state index contributed by atoms with van der Waals surface area (Å²) in [5, 5.41) is 8.52. The molecule has 2 amide bonds. The van der Waals surface area contributed by atoms with E-state index in [9.17, 15) is 9.59 Å². The van der Waals surface area contributed by atoms with Gasteiger partial charge in [0, 0.05) is 6.54 Å². The minimum absolute atomic E-state index is 0.125. The van der Waals surface area contributed by atoms with Crippen molar-refractivity contribution < 1.29 is 9.59 Å². The first-order chi connectivity index (χ1) is 8.20. The van der Waals surface area contributed by atoms with E-state index in [1.165, 1.54) is 0 Å². The molecule has 17 heavy (non-hydrogen) atoms. The van der Waals surface area contributed by atoms with Crippen molar-refractivity contribution >= 4 is 23.2 Å². The molecule has 0 saturated carbocycles. The van der Waals surface area contributed by atoms with Gasteiger partial charge in [0.05, 0.1) is 17.8 Å². The molecule has 1 aliphatic rings. The Morgan fingerprint density at radius 2 is 2.06 bits per heavy atom. The van der Waals surface area contributed by atoms with E-state index in [1.807, 2.05) is 31.2 Å². The third-order valence-electron chi connectivity index (χ3n) is 2.59. The molecule has 0 saturated heterocycles. The number of hydrogen-bond donors (Lipinski definition) is 3. The Morgan fingerprint density at radius 1 is 1.35 bits per heavy atom. The summed E-state index contributed by atoms with van der Waals surface area (Å²) in [7, 11) is 0. The van der Waals surface area contributed by atoms with Gasteiger partial charge in [-0.3, -0.25) is 9.59 Å². The lowest BCUT2D eigenvalue weighted by molar-refractivity contribution is -0.124. The topological polar surface area (TPSA) is 70.2 Å². The second-order valence-corrected chi connectivity index (χ2v) is 3.89. The van der Waals surface area contributed by atoms with E-state index >= 15 is 0 Å². The van der Waals surface area contributed by atoms with Crippen molar-refractivity contribution in [2.45, 2.75) is 19.4 Å². The standard InChI is InChI=1S/C12H15N3O2/c1-2-13-11(16)7-10-12(17)15-9-6-4-3-5-8(9)14-10/h3-6,10,14H,2,7H2,1H3,(H,13,16)(H,15,17)/t10-/m0/s1. The average Bonchev–Trinajstić information content (AvgIpc) is 2.30. The first-order valence-corrected chi connectivity index (χ1v) is 5.64. The number of rotatable bonds is 3. The molecule has 0 spiro atoms. The highest BCUT2D eigenvalue weighted by molar-refractivity contribution is 6.04. The summed E-state index contributed by atoms with van der Waals surface area (Å²) >= 11 is 0. The highest BCUT2D eigenvalue weighted by Gasteiger charge is 2.26. The molecule has 0 fully saturated rings. The summed E-state index contributed by atoms with van der Waals surface area (Å²) in [5.74, 6) is -0.297. The highest BCUT2D eigenvalue weighted by atomic mass is 16.2. The van der Waals surface area contributed by atoms with Gasteiger partial charge in [0.1, 0.15) is 6.04 Å². The van der Waals surface area contributed by atoms with Gasteiger partial charge in [0.15, 0.2) is 0 Å². The number of benzene rings is 1. The molecule has 5 nitrogen and oxygen atoms in total. The van der Waals surface area contributed by atoms with Crippen molar-refractivity contribution in [1.82, 2.24) is 5.32 Å². The molecular formula is C12H15N3O2. The van der Waals surface area contributed by atoms with Crippen LogP contribution in [0.4, 0.5) is 11.4 Å². The number of amides is 2. The summed E-state index contributed by atoms with van der Waals surface area (Å²) in [6, 6.07) is 6.93. The average molecular weight is 233 g/mol. The second-order valence-electron chi connectivity index (χ2n) is 3.89. The van der Waals surface area contributed by atoms with Gasteiger partial charge in [-0.2, -0.15) is 0 Å². The molecule has 1 aromatic rings. The molecule has 1 aliphatic heterocycles. The molecule has 3 N–H and O–H groups in total. The third kappa shape index (κ3) is 2.55. The van der Waals surface area contributed by atoms with Crippen LogP contribution in [0.15, 0.2) is 24.3 Å². The molecule has 2 rings (SSSR count). The van der Waals surface area contributed by atoms with Crippen LogP contribution in [0.1, 0.15) is 13.3 Å². The first-order valence-electron chi connectivity index (χ1n) is 5.64. The lowest BCUT2D eigenvalue weighted by atomic mass is 10.1. The minimum Gasteiger partial charge on any atom is -0.372 e. The van der Waals surface area contributed by atoms with Gasteiger partial charge < -0.3 is 16.0 Å². The summed E-state index contributed by atoms with van der Waals surface area (Å²) in [6.07, 6.45) is 0.147. The monoisotopic (exact) mass is 233 g/mol. The zero-order valence-corrected chi connectivity index (χ0v) is 9.62. The number of fused-ring (bicyclic) bond motifs is 1. The SMILES string of the molecule is CCNC(=O)C[C@@H]1Nc2ccccc2NC1=O. The maximum Gasteiger partial charge on any atom is 0.247 e. The van der Waals surface area contributed by atoms with Crippen LogP contribution >= 0.6 is 0 Å². The molecule has 0 bridgehead atoms. The number of para-hydroxylation sites is 2. The zero-order valence-electron chi connectivity index (χ0n) is 9.62. The maximum atomic E-state index is 11.7. The fraction of sp³-hybridized carbons (Fsp3) is 0.333. The van der Waals surface area contributed by atoms with E-state index in [1.54, 1.807) is 0 Å². The number of anilines is 2. The van der Waals surface area contributed by atoms with Gasteiger partial charge in [-0.15, -0.1) is 0 Å². The van der Waals surface area contributed by atoms with E-state index in [0.717, 1.165) is 11.4 Å². The Kier molecular flexibility index (Phi) is 3.27. The first kappa shape index (κ1) is 11.4. The minimum atomic E-state index is -0.503. The normalized spacial score (nSPS) is 17.7. The van der Waals surface area contributed by atoms with Gasteiger partial charge >= 0.3 is 0 Å². The predicted octanol–water partition coefficient (Wildman–Crippen LogP) is 0.945. The molecule has 0 radical (unpaired) electrons. The van der Waals surface area contributed by atoms with Crippen LogP contribution in [-0.4, -0.2) is 24.4 Å². The Morgan fingerprint density at radius 3 is 2.76 bits per heavy atom. The smallest absolute Gasteiger partial charge is 0.247 e. The summed E-state index contributed by atoms with van der Waals surface area (Å²) < 4.78 is 0. The highest BCUT2D eigenvalue weighted by Crippen LogP contribution is 2.26. The van der Waals surface area contributed by atoms with Crippen LogP contribution in [0.25, 0.3) is 0 Å². The Labute approximate surface area is 99.6 Å². The summed E-state index contributed by atoms with van der Waals surface area (Å²) in [5.41, 5.74) is 1.60. The van der Waals surface area contributed by atoms with E-state index in [2.05, 4.69) is 16.0 Å². The Hall–Kier alpha value is -2.04.